The molecule has 1 unspecified atom stereocenters. The first-order valence-electron chi connectivity index (χ1n) is 6.03. The molecular weight excluding hydrogens is 194 g/mol. The van der Waals surface area contributed by atoms with Gasteiger partial charge in [-0.3, -0.25) is 0 Å². The van der Waals surface area contributed by atoms with Crippen LogP contribution in [-0.4, -0.2) is 6.54 Å². The molecule has 86 valence electrons. The average Bonchev–Trinajstić information content (AvgIpc) is 2.30. The van der Waals surface area contributed by atoms with E-state index in [-0.39, 0.29) is 0 Å². The van der Waals surface area contributed by atoms with Crippen LogP contribution in [0.4, 0.5) is 0 Å². The number of benzene rings is 1. The van der Waals surface area contributed by atoms with Crippen molar-refractivity contribution in [1.29, 1.82) is 0 Å². The van der Waals surface area contributed by atoms with Gasteiger partial charge in [0.15, 0.2) is 0 Å². The summed E-state index contributed by atoms with van der Waals surface area (Å²) in [6.45, 7) is 5.26. The zero-order chi connectivity index (χ0) is 11.8. The van der Waals surface area contributed by atoms with Crippen LogP contribution in [0.2, 0.25) is 0 Å². The predicted octanol–water partition coefficient (Wildman–Crippen LogP) is 3.31. The van der Waals surface area contributed by atoms with Crippen LogP contribution in [0.3, 0.4) is 0 Å². The van der Waals surface area contributed by atoms with Gasteiger partial charge >= 0.3 is 0 Å². The second-order valence-corrected chi connectivity index (χ2v) is 4.12. The Morgan fingerprint density at radius 2 is 2.00 bits per heavy atom. The SMILES string of the molecule is C#CCCNC(C)c1ccc(CCC)cc1. The van der Waals surface area contributed by atoms with Crippen LogP contribution in [-0.2, 0) is 6.42 Å². The number of terminal acetylenes is 1. The summed E-state index contributed by atoms with van der Waals surface area (Å²) in [5, 5.41) is 3.41. The first-order chi connectivity index (χ1) is 7.77. The van der Waals surface area contributed by atoms with Gasteiger partial charge in [0.25, 0.3) is 0 Å². The van der Waals surface area contributed by atoms with Gasteiger partial charge < -0.3 is 5.32 Å². The summed E-state index contributed by atoms with van der Waals surface area (Å²) in [6, 6.07) is 9.23. The van der Waals surface area contributed by atoms with Crippen LogP contribution in [0, 0.1) is 12.3 Å². The Balaban J connectivity index is 2.49. The summed E-state index contributed by atoms with van der Waals surface area (Å²) in [6.07, 6.45) is 8.38. The van der Waals surface area contributed by atoms with E-state index in [2.05, 4.69) is 49.4 Å². The Labute approximate surface area is 99.3 Å². The highest BCUT2D eigenvalue weighted by Gasteiger charge is 2.03. The van der Waals surface area contributed by atoms with Crippen LogP contribution in [0.1, 0.15) is 43.9 Å². The van der Waals surface area contributed by atoms with E-state index in [1.54, 1.807) is 0 Å². The van der Waals surface area contributed by atoms with Crippen molar-refractivity contribution in [1.82, 2.24) is 5.32 Å². The molecule has 1 nitrogen and oxygen atoms in total. The smallest absolute Gasteiger partial charge is 0.0292 e. The van der Waals surface area contributed by atoms with Gasteiger partial charge in [0.2, 0.25) is 0 Å². The maximum atomic E-state index is 5.22. The minimum absolute atomic E-state index is 0.379. The van der Waals surface area contributed by atoms with Gasteiger partial charge in [-0.05, 0) is 24.5 Å². The number of rotatable bonds is 6. The molecule has 0 saturated heterocycles. The van der Waals surface area contributed by atoms with E-state index in [9.17, 15) is 0 Å². The second-order valence-electron chi connectivity index (χ2n) is 4.12. The van der Waals surface area contributed by atoms with Crippen LogP contribution in [0.15, 0.2) is 24.3 Å². The Morgan fingerprint density at radius 3 is 2.56 bits per heavy atom. The van der Waals surface area contributed by atoms with Crippen LogP contribution in [0.5, 0.6) is 0 Å². The third-order valence-electron chi connectivity index (χ3n) is 2.74. The highest BCUT2D eigenvalue weighted by Crippen LogP contribution is 2.14. The lowest BCUT2D eigenvalue weighted by molar-refractivity contribution is 0.584. The standard InChI is InChI=1S/C15H21N/c1-4-6-12-16-13(3)15-10-8-14(7-5-2)9-11-15/h1,8-11,13,16H,5-7,12H2,2-3H3. The van der Waals surface area contributed by atoms with Crippen molar-refractivity contribution in [3.05, 3.63) is 35.4 Å². The first-order valence-corrected chi connectivity index (χ1v) is 6.03. The molecule has 0 aliphatic heterocycles. The molecule has 1 rings (SSSR count). The minimum Gasteiger partial charge on any atom is -0.309 e. The van der Waals surface area contributed by atoms with E-state index >= 15 is 0 Å². The molecule has 0 aliphatic carbocycles. The number of hydrogen-bond donors (Lipinski definition) is 1. The third-order valence-corrected chi connectivity index (χ3v) is 2.74. The number of hydrogen-bond acceptors (Lipinski definition) is 1. The Hall–Kier alpha value is -1.26. The molecule has 16 heavy (non-hydrogen) atoms. The molecule has 0 aromatic heterocycles. The van der Waals surface area contributed by atoms with Gasteiger partial charge in [-0.1, -0.05) is 37.6 Å². The molecule has 0 heterocycles. The van der Waals surface area contributed by atoms with E-state index < -0.39 is 0 Å². The van der Waals surface area contributed by atoms with Gasteiger partial charge in [-0.25, -0.2) is 0 Å². The fourth-order valence-corrected chi connectivity index (χ4v) is 1.74. The quantitative estimate of drug-likeness (QED) is 0.567. The molecule has 1 heteroatoms. The van der Waals surface area contributed by atoms with E-state index in [4.69, 9.17) is 6.42 Å². The van der Waals surface area contributed by atoms with Crippen LogP contribution in [0.25, 0.3) is 0 Å². The fraction of sp³-hybridized carbons (Fsp3) is 0.467. The van der Waals surface area contributed by atoms with E-state index in [0.717, 1.165) is 13.0 Å². The molecule has 0 saturated carbocycles. The lowest BCUT2D eigenvalue weighted by atomic mass is 10.0. The lowest BCUT2D eigenvalue weighted by Gasteiger charge is -2.13. The van der Waals surface area contributed by atoms with E-state index in [1.165, 1.54) is 24.0 Å². The summed E-state index contributed by atoms with van der Waals surface area (Å²) in [5.74, 6) is 2.64. The molecule has 0 aliphatic rings. The van der Waals surface area contributed by atoms with Crippen molar-refractivity contribution in [2.75, 3.05) is 6.54 Å². The van der Waals surface area contributed by atoms with Gasteiger partial charge in [-0.2, -0.15) is 0 Å². The van der Waals surface area contributed by atoms with Crippen molar-refractivity contribution in [2.45, 2.75) is 39.2 Å². The predicted molar refractivity (Wildman–Crippen MR) is 70.3 cm³/mol. The molecule has 0 amide bonds. The first kappa shape index (κ1) is 12.8. The highest BCUT2D eigenvalue weighted by molar-refractivity contribution is 5.24. The second kappa shape index (κ2) is 7.09. The third kappa shape index (κ3) is 4.08. The summed E-state index contributed by atoms with van der Waals surface area (Å²) in [4.78, 5) is 0. The van der Waals surface area contributed by atoms with Crippen molar-refractivity contribution in [3.8, 4) is 12.3 Å². The largest absolute Gasteiger partial charge is 0.309 e. The average molecular weight is 215 g/mol. The zero-order valence-electron chi connectivity index (χ0n) is 10.3. The van der Waals surface area contributed by atoms with E-state index in [0.29, 0.717) is 6.04 Å². The fourth-order valence-electron chi connectivity index (χ4n) is 1.74. The molecule has 0 fully saturated rings. The van der Waals surface area contributed by atoms with Gasteiger partial charge in [-0.15, -0.1) is 12.3 Å². The van der Waals surface area contributed by atoms with E-state index in [1.807, 2.05) is 0 Å². The Bertz CT molecular complexity index is 331. The van der Waals surface area contributed by atoms with Gasteiger partial charge in [0, 0.05) is 19.0 Å². The van der Waals surface area contributed by atoms with Crippen LogP contribution >= 0.6 is 0 Å². The molecule has 1 aromatic carbocycles. The normalized spacial score (nSPS) is 12.1. The number of nitrogens with one attached hydrogen (secondary N) is 1. The summed E-state index contributed by atoms with van der Waals surface area (Å²) < 4.78 is 0. The van der Waals surface area contributed by atoms with Crippen LogP contribution < -0.4 is 5.32 Å². The molecule has 1 N–H and O–H groups in total. The zero-order valence-corrected chi connectivity index (χ0v) is 10.3. The number of aryl methyl sites for hydroxylation is 1. The highest BCUT2D eigenvalue weighted by atomic mass is 14.9. The van der Waals surface area contributed by atoms with Crippen molar-refractivity contribution in [3.63, 3.8) is 0 Å². The van der Waals surface area contributed by atoms with Crippen molar-refractivity contribution < 1.29 is 0 Å². The molecular formula is C15H21N. The topological polar surface area (TPSA) is 12.0 Å². The summed E-state index contributed by atoms with van der Waals surface area (Å²) in [7, 11) is 0. The maximum absolute atomic E-state index is 5.22. The van der Waals surface area contributed by atoms with Gasteiger partial charge in [0.05, 0.1) is 0 Å². The lowest BCUT2D eigenvalue weighted by Crippen LogP contribution is -2.19. The summed E-state index contributed by atoms with van der Waals surface area (Å²) >= 11 is 0. The monoisotopic (exact) mass is 215 g/mol. The molecule has 1 aromatic rings. The molecule has 0 bridgehead atoms. The molecule has 0 radical (unpaired) electrons. The summed E-state index contributed by atoms with van der Waals surface area (Å²) in [5.41, 5.74) is 2.75. The molecule has 1 atom stereocenters. The Morgan fingerprint density at radius 1 is 1.31 bits per heavy atom. The maximum Gasteiger partial charge on any atom is 0.0292 e. The van der Waals surface area contributed by atoms with Crippen molar-refractivity contribution >= 4 is 0 Å². The van der Waals surface area contributed by atoms with Gasteiger partial charge in [0.1, 0.15) is 0 Å². The molecule has 0 spiro atoms. The van der Waals surface area contributed by atoms with Crippen molar-refractivity contribution in [2.24, 2.45) is 0 Å². The Kier molecular flexibility index (Phi) is 5.67. The minimum atomic E-state index is 0.379.